The van der Waals surface area contributed by atoms with Gasteiger partial charge in [-0.2, -0.15) is 0 Å². The third-order valence-electron chi connectivity index (χ3n) is 2.27. The van der Waals surface area contributed by atoms with Gasteiger partial charge in [-0.1, -0.05) is 0 Å². The molecule has 2 N–H and O–H groups in total. The molecule has 1 heterocycles. The number of ether oxygens (including phenoxy) is 1. The van der Waals surface area contributed by atoms with Crippen molar-refractivity contribution in [1.82, 2.24) is 9.97 Å². The summed E-state index contributed by atoms with van der Waals surface area (Å²) in [5, 5.41) is 6.46. The highest BCUT2D eigenvalue weighted by molar-refractivity contribution is 5.64. The highest BCUT2D eigenvalue weighted by atomic mass is 16.5. The summed E-state index contributed by atoms with van der Waals surface area (Å²) in [5.41, 5.74) is 0. The first kappa shape index (κ1) is 10.0. The predicted octanol–water partition coefficient (Wildman–Crippen LogP) is 1.49. The first-order chi connectivity index (χ1) is 7.35. The van der Waals surface area contributed by atoms with Gasteiger partial charge in [0.15, 0.2) is 11.6 Å². The molecule has 0 atom stereocenters. The Labute approximate surface area is 89.3 Å². The summed E-state index contributed by atoms with van der Waals surface area (Å²) >= 11 is 0. The summed E-state index contributed by atoms with van der Waals surface area (Å²) < 4.78 is 5.31. The van der Waals surface area contributed by atoms with Crippen LogP contribution in [0, 0.1) is 0 Å². The quantitative estimate of drug-likeness (QED) is 0.767. The van der Waals surface area contributed by atoms with Crippen LogP contribution in [-0.4, -0.2) is 29.7 Å². The van der Waals surface area contributed by atoms with E-state index >= 15 is 0 Å². The zero-order valence-corrected chi connectivity index (χ0v) is 9.08. The molecule has 0 unspecified atom stereocenters. The molecular formula is C10H16N4O. The molecule has 1 saturated carbocycles. The lowest BCUT2D eigenvalue weighted by molar-refractivity contribution is 0.414. The van der Waals surface area contributed by atoms with Gasteiger partial charge in [0.1, 0.15) is 6.33 Å². The Morgan fingerprint density at radius 3 is 2.73 bits per heavy atom. The highest BCUT2D eigenvalue weighted by Gasteiger charge is 2.23. The van der Waals surface area contributed by atoms with Gasteiger partial charge in [-0.15, -0.1) is 0 Å². The lowest BCUT2D eigenvalue weighted by Crippen LogP contribution is -2.09. The van der Waals surface area contributed by atoms with Gasteiger partial charge in [0.25, 0.3) is 0 Å². The Bertz CT molecular complexity index is 338. The van der Waals surface area contributed by atoms with Gasteiger partial charge in [-0.3, -0.25) is 0 Å². The molecule has 0 aliphatic heterocycles. The fourth-order valence-corrected chi connectivity index (χ4v) is 1.38. The lowest BCUT2D eigenvalue weighted by atomic mass is 10.4. The van der Waals surface area contributed by atoms with Gasteiger partial charge in [0, 0.05) is 12.6 Å². The van der Waals surface area contributed by atoms with Gasteiger partial charge < -0.3 is 15.4 Å². The Morgan fingerprint density at radius 2 is 2.13 bits per heavy atom. The number of rotatable bonds is 5. The van der Waals surface area contributed by atoms with E-state index in [4.69, 9.17) is 4.74 Å². The van der Waals surface area contributed by atoms with Crippen LogP contribution in [0.4, 0.5) is 11.6 Å². The molecule has 5 heteroatoms. The molecule has 0 saturated heterocycles. The molecule has 0 bridgehead atoms. The van der Waals surface area contributed by atoms with Crippen LogP contribution in [-0.2, 0) is 0 Å². The van der Waals surface area contributed by atoms with Crippen LogP contribution < -0.4 is 15.4 Å². The van der Waals surface area contributed by atoms with Crippen LogP contribution in [0.1, 0.15) is 19.8 Å². The molecule has 1 fully saturated rings. The van der Waals surface area contributed by atoms with Crippen LogP contribution in [0.5, 0.6) is 5.75 Å². The molecule has 15 heavy (non-hydrogen) atoms. The summed E-state index contributed by atoms with van der Waals surface area (Å²) in [4.78, 5) is 8.33. The molecule has 5 nitrogen and oxygen atoms in total. The molecule has 1 aromatic rings. The van der Waals surface area contributed by atoms with Gasteiger partial charge in [0.2, 0.25) is 5.75 Å². The van der Waals surface area contributed by atoms with E-state index in [2.05, 4.69) is 20.6 Å². The van der Waals surface area contributed by atoms with E-state index in [0.29, 0.717) is 11.8 Å². The average molecular weight is 208 g/mol. The molecule has 82 valence electrons. The fourth-order valence-electron chi connectivity index (χ4n) is 1.38. The van der Waals surface area contributed by atoms with Crippen molar-refractivity contribution < 1.29 is 4.74 Å². The normalized spacial score (nSPS) is 14.8. The van der Waals surface area contributed by atoms with Crippen molar-refractivity contribution in [1.29, 1.82) is 0 Å². The number of aromatic nitrogens is 2. The first-order valence-electron chi connectivity index (χ1n) is 5.24. The number of nitrogens with one attached hydrogen (secondary N) is 2. The first-order valence-corrected chi connectivity index (χ1v) is 5.24. The van der Waals surface area contributed by atoms with E-state index in [0.717, 1.165) is 18.2 Å². The molecule has 0 aromatic carbocycles. The maximum Gasteiger partial charge on any atom is 0.204 e. The minimum absolute atomic E-state index is 0.559. The second-order valence-electron chi connectivity index (χ2n) is 3.55. The van der Waals surface area contributed by atoms with Crippen molar-refractivity contribution in [3.8, 4) is 5.75 Å². The number of methoxy groups -OCH3 is 1. The van der Waals surface area contributed by atoms with E-state index in [-0.39, 0.29) is 0 Å². The Balaban J connectivity index is 2.22. The van der Waals surface area contributed by atoms with Crippen LogP contribution >= 0.6 is 0 Å². The minimum atomic E-state index is 0.559. The van der Waals surface area contributed by atoms with E-state index in [1.165, 1.54) is 12.8 Å². The second kappa shape index (κ2) is 4.33. The lowest BCUT2D eigenvalue weighted by Gasteiger charge is -2.12. The Kier molecular flexibility index (Phi) is 2.89. The van der Waals surface area contributed by atoms with Crippen LogP contribution in [0.3, 0.4) is 0 Å². The van der Waals surface area contributed by atoms with Gasteiger partial charge in [0.05, 0.1) is 7.11 Å². The average Bonchev–Trinajstić information content (AvgIpc) is 3.03. The van der Waals surface area contributed by atoms with Crippen molar-refractivity contribution >= 4 is 11.6 Å². The number of anilines is 2. The largest absolute Gasteiger partial charge is 0.490 e. The van der Waals surface area contributed by atoms with Crippen molar-refractivity contribution in [2.24, 2.45) is 0 Å². The van der Waals surface area contributed by atoms with E-state index in [1.54, 1.807) is 13.4 Å². The summed E-state index contributed by atoms with van der Waals surface area (Å²) in [7, 11) is 1.64. The van der Waals surface area contributed by atoms with Crippen LogP contribution in [0.25, 0.3) is 0 Å². The molecule has 1 aliphatic rings. The van der Waals surface area contributed by atoms with E-state index < -0.39 is 0 Å². The van der Waals surface area contributed by atoms with Crippen molar-refractivity contribution in [2.75, 3.05) is 24.3 Å². The topological polar surface area (TPSA) is 59.1 Å². The zero-order valence-electron chi connectivity index (χ0n) is 9.08. The molecular weight excluding hydrogens is 192 g/mol. The maximum atomic E-state index is 5.31. The molecule has 0 spiro atoms. The summed E-state index contributed by atoms with van der Waals surface area (Å²) in [6, 6.07) is 0.559. The van der Waals surface area contributed by atoms with Crippen LogP contribution in [0.2, 0.25) is 0 Å². The minimum Gasteiger partial charge on any atom is -0.490 e. The maximum absolute atomic E-state index is 5.31. The van der Waals surface area contributed by atoms with Crippen LogP contribution in [0.15, 0.2) is 6.33 Å². The van der Waals surface area contributed by atoms with Gasteiger partial charge in [-0.05, 0) is 19.8 Å². The molecule has 1 aromatic heterocycles. The number of nitrogens with zero attached hydrogens (tertiary/aromatic N) is 2. The molecule has 2 rings (SSSR count). The fraction of sp³-hybridized carbons (Fsp3) is 0.600. The third kappa shape index (κ3) is 2.29. The molecule has 1 aliphatic carbocycles. The monoisotopic (exact) mass is 208 g/mol. The van der Waals surface area contributed by atoms with E-state index in [1.807, 2.05) is 6.92 Å². The second-order valence-corrected chi connectivity index (χ2v) is 3.55. The Morgan fingerprint density at radius 1 is 1.40 bits per heavy atom. The smallest absolute Gasteiger partial charge is 0.204 e. The summed E-state index contributed by atoms with van der Waals surface area (Å²) in [6.07, 6.45) is 3.97. The highest BCUT2D eigenvalue weighted by Crippen LogP contribution is 2.32. The van der Waals surface area contributed by atoms with E-state index in [9.17, 15) is 0 Å². The third-order valence-corrected chi connectivity index (χ3v) is 2.27. The van der Waals surface area contributed by atoms with Crippen molar-refractivity contribution in [2.45, 2.75) is 25.8 Å². The molecule has 0 radical (unpaired) electrons. The predicted molar refractivity (Wildman–Crippen MR) is 59.4 cm³/mol. The summed E-state index contributed by atoms with van der Waals surface area (Å²) in [5.74, 6) is 2.23. The number of hydrogen-bond donors (Lipinski definition) is 2. The summed E-state index contributed by atoms with van der Waals surface area (Å²) in [6.45, 7) is 2.84. The zero-order chi connectivity index (χ0) is 10.7. The van der Waals surface area contributed by atoms with Gasteiger partial charge in [-0.25, -0.2) is 9.97 Å². The van der Waals surface area contributed by atoms with Gasteiger partial charge >= 0.3 is 0 Å². The standard InChI is InChI=1S/C10H16N4O/c1-3-11-9-8(15-2)10(13-6-12-9)14-7-4-5-7/h6-7H,3-5H2,1-2H3,(H2,11,12,13,14). The number of hydrogen-bond acceptors (Lipinski definition) is 5. The van der Waals surface area contributed by atoms with Crippen molar-refractivity contribution in [3.05, 3.63) is 6.33 Å². The SMILES string of the molecule is CCNc1ncnc(NC2CC2)c1OC. The van der Waals surface area contributed by atoms with Crippen molar-refractivity contribution in [3.63, 3.8) is 0 Å². The Hall–Kier alpha value is -1.52. The molecule has 0 amide bonds.